The van der Waals surface area contributed by atoms with Crippen molar-refractivity contribution >= 4 is 47.4 Å². The Morgan fingerprint density at radius 2 is 2.22 bits per heavy atom. The lowest BCUT2D eigenvalue weighted by molar-refractivity contribution is -0.129. The number of guanidine groups is 1. The Bertz CT molecular complexity index is 615. The predicted molar refractivity (Wildman–Crippen MR) is 121 cm³/mol. The highest BCUT2D eigenvalue weighted by Crippen LogP contribution is 2.11. The van der Waals surface area contributed by atoms with Gasteiger partial charge in [0.15, 0.2) is 5.96 Å². The molecule has 0 radical (unpaired) electrons. The monoisotopic (exact) mass is 508 g/mol. The van der Waals surface area contributed by atoms with Crippen molar-refractivity contribution in [2.45, 2.75) is 39.3 Å². The van der Waals surface area contributed by atoms with Gasteiger partial charge in [-0.25, -0.2) is 0 Å². The van der Waals surface area contributed by atoms with Gasteiger partial charge in [-0.2, -0.15) is 0 Å². The maximum Gasteiger partial charge on any atom is 0.222 e. The first kappa shape index (κ1) is 24.0. The van der Waals surface area contributed by atoms with Crippen molar-refractivity contribution < 1.29 is 9.53 Å². The van der Waals surface area contributed by atoms with Gasteiger partial charge in [0.2, 0.25) is 5.91 Å². The number of likely N-dealkylation sites (tertiary alicyclic amines) is 1. The minimum atomic E-state index is 0. The third-order valence-electron chi connectivity index (χ3n) is 4.19. The summed E-state index contributed by atoms with van der Waals surface area (Å²) in [7, 11) is 0. The number of rotatable bonds is 8. The lowest BCUT2D eigenvalue weighted by Gasteiger charge is -2.18. The Labute approximate surface area is 184 Å². The third-order valence-corrected chi connectivity index (χ3v) is 4.43. The van der Waals surface area contributed by atoms with Crippen LogP contribution in [-0.4, -0.2) is 55.6 Å². The van der Waals surface area contributed by atoms with Crippen LogP contribution in [0.3, 0.4) is 0 Å². The van der Waals surface area contributed by atoms with Gasteiger partial charge in [0.1, 0.15) is 0 Å². The molecule has 0 bridgehead atoms. The van der Waals surface area contributed by atoms with Crippen molar-refractivity contribution in [3.8, 4) is 0 Å². The molecule has 1 atom stereocenters. The van der Waals surface area contributed by atoms with Crippen molar-refractivity contribution in [2.24, 2.45) is 4.99 Å². The summed E-state index contributed by atoms with van der Waals surface area (Å²) in [5, 5.41) is 7.38. The molecule has 1 unspecified atom stereocenters. The lowest BCUT2D eigenvalue weighted by Crippen LogP contribution is -2.45. The molecular formula is C19H30ClIN4O2. The fourth-order valence-electron chi connectivity index (χ4n) is 2.88. The highest BCUT2D eigenvalue weighted by Gasteiger charge is 2.25. The molecule has 1 aliphatic rings. The van der Waals surface area contributed by atoms with Gasteiger partial charge in [-0.05, 0) is 31.0 Å². The average Bonchev–Trinajstić information content (AvgIpc) is 3.09. The number of nitrogens with one attached hydrogen (secondary N) is 2. The first-order valence-electron chi connectivity index (χ1n) is 9.27. The lowest BCUT2D eigenvalue weighted by atomic mass is 10.2. The van der Waals surface area contributed by atoms with E-state index in [0.29, 0.717) is 26.2 Å². The van der Waals surface area contributed by atoms with Gasteiger partial charge < -0.3 is 20.3 Å². The highest BCUT2D eigenvalue weighted by molar-refractivity contribution is 14.0. The normalized spacial score (nSPS) is 16.8. The first-order chi connectivity index (χ1) is 12.6. The number of amides is 1. The summed E-state index contributed by atoms with van der Waals surface area (Å²) in [6, 6.07) is 7.91. The molecule has 0 aromatic heterocycles. The smallest absolute Gasteiger partial charge is 0.222 e. The fraction of sp³-hybridized carbons (Fsp3) is 0.579. The zero-order chi connectivity index (χ0) is 18.8. The van der Waals surface area contributed by atoms with Gasteiger partial charge in [0.05, 0.1) is 19.8 Å². The second-order valence-electron chi connectivity index (χ2n) is 6.27. The van der Waals surface area contributed by atoms with E-state index in [0.717, 1.165) is 42.6 Å². The van der Waals surface area contributed by atoms with Crippen LogP contribution < -0.4 is 10.6 Å². The first-order valence-corrected chi connectivity index (χ1v) is 9.65. The quantitative estimate of drug-likeness (QED) is 0.245. The summed E-state index contributed by atoms with van der Waals surface area (Å²) in [4.78, 5) is 18.2. The molecule has 0 spiro atoms. The number of benzene rings is 1. The molecule has 1 saturated heterocycles. The zero-order valence-corrected chi connectivity index (χ0v) is 19.1. The van der Waals surface area contributed by atoms with Crippen LogP contribution in [0.2, 0.25) is 5.02 Å². The predicted octanol–water partition coefficient (Wildman–Crippen LogP) is 3.04. The van der Waals surface area contributed by atoms with Gasteiger partial charge in [0.25, 0.3) is 0 Å². The van der Waals surface area contributed by atoms with Crippen molar-refractivity contribution in [1.82, 2.24) is 15.5 Å². The largest absolute Gasteiger partial charge is 0.375 e. The van der Waals surface area contributed by atoms with Gasteiger partial charge in [0, 0.05) is 37.1 Å². The molecule has 2 rings (SSSR count). The van der Waals surface area contributed by atoms with E-state index in [9.17, 15) is 4.79 Å². The molecule has 27 heavy (non-hydrogen) atoms. The number of carbonyl (C=O) groups excluding carboxylic acids is 1. The number of hydrogen-bond donors (Lipinski definition) is 2. The number of nitrogens with zero attached hydrogens (tertiary/aromatic N) is 2. The molecular weight excluding hydrogens is 479 g/mol. The molecule has 1 aromatic rings. The van der Waals surface area contributed by atoms with Crippen LogP contribution in [0.15, 0.2) is 29.3 Å². The molecule has 1 aromatic carbocycles. The van der Waals surface area contributed by atoms with Crippen molar-refractivity contribution in [2.75, 3.05) is 32.8 Å². The SMILES string of the molecule is CCNC(=NCCOCc1cccc(Cl)c1)NC1CCN(C(=O)CC)C1.I. The number of carbonyl (C=O) groups is 1. The van der Waals surface area contributed by atoms with Gasteiger partial charge in [-0.1, -0.05) is 30.7 Å². The van der Waals surface area contributed by atoms with Crippen LogP contribution in [0, 0.1) is 0 Å². The Kier molecular flexibility index (Phi) is 11.7. The molecule has 1 amide bonds. The molecule has 1 fully saturated rings. The third kappa shape index (κ3) is 8.66. The van der Waals surface area contributed by atoms with Crippen LogP contribution in [0.25, 0.3) is 0 Å². The van der Waals surface area contributed by atoms with Crippen LogP contribution in [0.1, 0.15) is 32.3 Å². The molecule has 1 heterocycles. The summed E-state index contributed by atoms with van der Waals surface area (Å²) in [6.45, 7) is 7.91. The van der Waals surface area contributed by atoms with E-state index in [-0.39, 0.29) is 35.9 Å². The molecule has 8 heteroatoms. The van der Waals surface area contributed by atoms with Crippen LogP contribution in [-0.2, 0) is 16.1 Å². The number of ether oxygens (including phenoxy) is 1. The summed E-state index contributed by atoms with van der Waals surface area (Å²) >= 11 is 5.96. The summed E-state index contributed by atoms with van der Waals surface area (Å²) in [5.74, 6) is 0.986. The highest BCUT2D eigenvalue weighted by atomic mass is 127. The Hall–Kier alpha value is -1.06. The fourth-order valence-corrected chi connectivity index (χ4v) is 3.09. The van der Waals surface area contributed by atoms with E-state index in [1.54, 1.807) is 0 Å². The number of halogens is 2. The minimum Gasteiger partial charge on any atom is -0.375 e. The summed E-state index contributed by atoms with van der Waals surface area (Å²) in [5.41, 5.74) is 1.05. The van der Waals surface area contributed by atoms with Crippen LogP contribution >= 0.6 is 35.6 Å². The summed E-state index contributed by atoms with van der Waals surface area (Å²) in [6.07, 6.45) is 1.51. The maximum atomic E-state index is 11.8. The standard InChI is InChI=1S/C19H29ClN4O2.HI/c1-3-18(25)24-10-8-17(13-24)23-19(21-4-2)22-9-11-26-14-15-6-5-7-16(20)12-15;/h5-7,12,17H,3-4,8-11,13-14H2,1-2H3,(H2,21,22,23);1H. The molecule has 0 aliphatic carbocycles. The average molecular weight is 509 g/mol. The van der Waals surface area contributed by atoms with E-state index in [2.05, 4.69) is 15.6 Å². The van der Waals surface area contributed by atoms with E-state index >= 15 is 0 Å². The van der Waals surface area contributed by atoms with Gasteiger partial charge in [-0.15, -0.1) is 24.0 Å². The molecule has 6 nitrogen and oxygen atoms in total. The van der Waals surface area contributed by atoms with Gasteiger partial charge >= 0.3 is 0 Å². The second-order valence-corrected chi connectivity index (χ2v) is 6.70. The second kappa shape index (κ2) is 13.2. The Morgan fingerprint density at radius 1 is 1.41 bits per heavy atom. The Morgan fingerprint density at radius 3 is 2.93 bits per heavy atom. The van der Waals surface area contributed by atoms with Crippen molar-refractivity contribution in [3.05, 3.63) is 34.9 Å². The number of hydrogen-bond acceptors (Lipinski definition) is 3. The Balaban J connectivity index is 0.00000364. The maximum absolute atomic E-state index is 11.8. The summed E-state index contributed by atoms with van der Waals surface area (Å²) < 4.78 is 5.66. The van der Waals surface area contributed by atoms with Crippen molar-refractivity contribution in [1.29, 1.82) is 0 Å². The molecule has 152 valence electrons. The number of aliphatic imine (C=N–C) groups is 1. The molecule has 1 aliphatic heterocycles. The van der Waals surface area contributed by atoms with Crippen LogP contribution in [0.4, 0.5) is 0 Å². The van der Waals surface area contributed by atoms with E-state index in [4.69, 9.17) is 16.3 Å². The van der Waals surface area contributed by atoms with E-state index in [1.807, 2.05) is 43.0 Å². The zero-order valence-electron chi connectivity index (χ0n) is 16.0. The molecule has 0 saturated carbocycles. The van der Waals surface area contributed by atoms with Crippen molar-refractivity contribution in [3.63, 3.8) is 0 Å². The van der Waals surface area contributed by atoms with Gasteiger partial charge in [-0.3, -0.25) is 9.79 Å². The van der Waals surface area contributed by atoms with E-state index < -0.39 is 0 Å². The molecule has 2 N–H and O–H groups in total. The minimum absolute atomic E-state index is 0. The topological polar surface area (TPSA) is 66.0 Å². The van der Waals surface area contributed by atoms with E-state index in [1.165, 1.54) is 0 Å². The van der Waals surface area contributed by atoms with Crippen LogP contribution in [0.5, 0.6) is 0 Å².